The number of hydrogen-bond donors (Lipinski definition) is 0. The first-order valence-electron chi connectivity index (χ1n) is 5.89. The highest BCUT2D eigenvalue weighted by Crippen LogP contribution is 2.48. The topological polar surface area (TPSA) is 0 Å². The zero-order valence-corrected chi connectivity index (χ0v) is 12.5. The van der Waals surface area contributed by atoms with E-state index in [0.717, 1.165) is 12.2 Å². The van der Waals surface area contributed by atoms with Crippen LogP contribution in [0.15, 0.2) is 42.6 Å². The summed E-state index contributed by atoms with van der Waals surface area (Å²) in [5.41, 5.74) is 5.63. The van der Waals surface area contributed by atoms with Crippen LogP contribution in [-0.2, 0) is 0 Å². The normalized spacial score (nSPS) is 13.8. The SMILES string of the molecule is C=C=C(c1ccccc1)C(CC)(SC)SCC. The molecule has 1 atom stereocenters. The third-order valence-electron chi connectivity index (χ3n) is 2.79. The monoisotopic (exact) mass is 264 g/mol. The van der Waals surface area contributed by atoms with Crippen LogP contribution in [0.4, 0.5) is 0 Å². The van der Waals surface area contributed by atoms with Gasteiger partial charge in [0.15, 0.2) is 0 Å². The first-order valence-corrected chi connectivity index (χ1v) is 8.10. The summed E-state index contributed by atoms with van der Waals surface area (Å²) < 4.78 is 0.0812. The molecule has 0 spiro atoms. The summed E-state index contributed by atoms with van der Waals surface area (Å²) in [6, 6.07) is 10.5. The molecule has 0 aliphatic carbocycles. The zero-order chi connectivity index (χ0) is 12.7. The number of benzene rings is 1. The van der Waals surface area contributed by atoms with Gasteiger partial charge in [-0.1, -0.05) is 50.8 Å². The minimum Gasteiger partial charge on any atom is -0.142 e. The molecule has 1 aromatic rings. The number of hydrogen-bond acceptors (Lipinski definition) is 2. The summed E-state index contributed by atoms with van der Waals surface area (Å²) in [4.78, 5) is 0. The molecule has 0 heterocycles. The van der Waals surface area contributed by atoms with Gasteiger partial charge in [0.1, 0.15) is 0 Å². The Morgan fingerprint density at radius 1 is 1.29 bits per heavy atom. The Morgan fingerprint density at radius 2 is 1.94 bits per heavy atom. The highest BCUT2D eigenvalue weighted by Gasteiger charge is 2.32. The molecule has 0 N–H and O–H groups in total. The summed E-state index contributed by atoms with van der Waals surface area (Å²) in [7, 11) is 0. The fourth-order valence-electron chi connectivity index (χ4n) is 1.95. The standard InChI is InChI=1S/C15H20S2/c1-5-14(13-11-9-8-10-12-13)15(6-2,16-4)17-7-3/h8-12H,1,6-7H2,2-4H3. The molecule has 0 bridgehead atoms. The Hall–Kier alpha value is -0.560. The Labute approximate surface area is 114 Å². The molecular formula is C15H20S2. The van der Waals surface area contributed by atoms with Gasteiger partial charge in [-0.15, -0.1) is 29.3 Å². The van der Waals surface area contributed by atoms with Gasteiger partial charge in [0.25, 0.3) is 0 Å². The Morgan fingerprint density at radius 3 is 2.35 bits per heavy atom. The summed E-state index contributed by atoms with van der Waals surface area (Å²) in [5, 5.41) is 0. The predicted molar refractivity (Wildman–Crippen MR) is 83.7 cm³/mol. The second-order valence-corrected chi connectivity index (χ2v) is 6.59. The molecule has 0 radical (unpaired) electrons. The van der Waals surface area contributed by atoms with E-state index in [4.69, 9.17) is 0 Å². The molecule has 1 unspecified atom stereocenters. The summed E-state index contributed by atoms with van der Waals surface area (Å²) in [6.45, 7) is 8.33. The van der Waals surface area contributed by atoms with Crippen LogP contribution in [0.1, 0.15) is 25.8 Å². The summed E-state index contributed by atoms with van der Waals surface area (Å²) in [6.07, 6.45) is 3.26. The van der Waals surface area contributed by atoms with Crippen molar-refractivity contribution in [1.29, 1.82) is 0 Å². The smallest absolute Gasteiger partial charge is 0.0931 e. The molecular weight excluding hydrogens is 244 g/mol. The maximum absolute atomic E-state index is 3.89. The third-order valence-corrected chi connectivity index (χ3v) is 6.05. The van der Waals surface area contributed by atoms with Crippen molar-refractivity contribution in [1.82, 2.24) is 0 Å². The van der Waals surface area contributed by atoms with Crippen molar-refractivity contribution in [2.75, 3.05) is 12.0 Å². The predicted octanol–water partition coefficient (Wildman–Crippen LogP) is 5.08. The number of thioether (sulfide) groups is 2. The van der Waals surface area contributed by atoms with E-state index in [-0.39, 0.29) is 4.08 Å². The van der Waals surface area contributed by atoms with Crippen LogP contribution in [-0.4, -0.2) is 16.1 Å². The van der Waals surface area contributed by atoms with Crippen molar-refractivity contribution in [2.24, 2.45) is 0 Å². The molecule has 1 rings (SSSR count). The minimum absolute atomic E-state index is 0.0812. The minimum atomic E-state index is 0.0812. The van der Waals surface area contributed by atoms with Gasteiger partial charge in [-0.25, -0.2) is 0 Å². The highest BCUT2D eigenvalue weighted by molar-refractivity contribution is 8.18. The van der Waals surface area contributed by atoms with Crippen LogP contribution in [0.5, 0.6) is 0 Å². The van der Waals surface area contributed by atoms with E-state index >= 15 is 0 Å². The zero-order valence-electron chi connectivity index (χ0n) is 10.8. The van der Waals surface area contributed by atoms with Gasteiger partial charge in [-0.3, -0.25) is 0 Å². The second kappa shape index (κ2) is 7.00. The van der Waals surface area contributed by atoms with Gasteiger partial charge in [0.05, 0.1) is 4.08 Å². The van der Waals surface area contributed by atoms with E-state index in [9.17, 15) is 0 Å². The van der Waals surface area contributed by atoms with Crippen molar-refractivity contribution in [3.63, 3.8) is 0 Å². The molecule has 0 aliphatic rings. The van der Waals surface area contributed by atoms with E-state index in [1.54, 1.807) is 0 Å². The quantitative estimate of drug-likeness (QED) is 0.519. The van der Waals surface area contributed by atoms with E-state index in [1.165, 1.54) is 11.1 Å². The van der Waals surface area contributed by atoms with Crippen molar-refractivity contribution in [3.05, 3.63) is 48.2 Å². The molecule has 0 nitrogen and oxygen atoms in total. The molecule has 1 aromatic carbocycles. The molecule has 0 amide bonds. The number of rotatable bonds is 6. The molecule has 0 aliphatic heterocycles. The average Bonchev–Trinajstić information content (AvgIpc) is 2.39. The Kier molecular flexibility index (Phi) is 5.97. The van der Waals surface area contributed by atoms with E-state index < -0.39 is 0 Å². The fraction of sp³-hybridized carbons (Fsp3) is 0.400. The first-order chi connectivity index (χ1) is 8.24. The first kappa shape index (κ1) is 14.5. The molecule has 92 valence electrons. The van der Waals surface area contributed by atoms with Crippen LogP contribution in [0.2, 0.25) is 0 Å². The second-order valence-electron chi connectivity index (χ2n) is 3.66. The van der Waals surface area contributed by atoms with Crippen molar-refractivity contribution < 1.29 is 0 Å². The summed E-state index contributed by atoms with van der Waals surface area (Å²) in [5.74, 6) is 1.10. The lowest BCUT2D eigenvalue weighted by Crippen LogP contribution is -2.21. The molecule has 2 heteroatoms. The maximum atomic E-state index is 3.89. The molecule has 0 aromatic heterocycles. The highest BCUT2D eigenvalue weighted by atomic mass is 32.2. The van der Waals surface area contributed by atoms with E-state index in [2.05, 4.69) is 56.7 Å². The van der Waals surface area contributed by atoms with Crippen LogP contribution in [0.25, 0.3) is 5.57 Å². The van der Waals surface area contributed by atoms with Gasteiger partial charge in [-0.2, -0.15) is 0 Å². The van der Waals surface area contributed by atoms with Gasteiger partial charge in [0, 0.05) is 5.57 Å². The molecule has 17 heavy (non-hydrogen) atoms. The van der Waals surface area contributed by atoms with Crippen molar-refractivity contribution in [2.45, 2.75) is 24.3 Å². The Bertz CT molecular complexity index is 385. The molecule has 0 saturated heterocycles. The molecule has 0 saturated carbocycles. The average molecular weight is 264 g/mol. The lowest BCUT2D eigenvalue weighted by atomic mass is 10.0. The Balaban J connectivity index is 3.20. The van der Waals surface area contributed by atoms with Crippen molar-refractivity contribution in [3.8, 4) is 0 Å². The van der Waals surface area contributed by atoms with Crippen LogP contribution >= 0.6 is 23.5 Å². The lowest BCUT2D eigenvalue weighted by Gasteiger charge is -2.32. The van der Waals surface area contributed by atoms with E-state index in [1.807, 2.05) is 29.6 Å². The van der Waals surface area contributed by atoms with Gasteiger partial charge >= 0.3 is 0 Å². The summed E-state index contributed by atoms with van der Waals surface area (Å²) >= 11 is 3.87. The van der Waals surface area contributed by atoms with Crippen LogP contribution in [0.3, 0.4) is 0 Å². The fourth-order valence-corrected chi connectivity index (χ4v) is 4.46. The van der Waals surface area contributed by atoms with Gasteiger partial charge in [0.2, 0.25) is 0 Å². The van der Waals surface area contributed by atoms with Gasteiger partial charge in [-0.05, 0) is 24.0 Å². The van der Waals surface area contributed by atoms with Crippen molar-refractivity contribution >= 4 is 29.1 Å². The van der Waals surface area contributed by atoms with Crippen LogP contribution in [0, 0.1) is 0 Å². The lowest BCUT2D eigenvalue weighted by molar-refractivity contribution is 0.938. The maximum Gasteiger partial charge on any atom is 0.0931 e. The largest absolute Gasteiger partial charge is 0.142 e. The molecule has 0 fully saturated rings. The van der Waals surface area contributed by atoms with E-state index in [0.29, 0.717) is 0 Å². The van der Waals surface area contributed by atoms with Gasteiger partial charge < -0.3 is 0 Å². The third kappa shape index (κ3) is 3.22. The van der Waals surface area contributed by atoms with Crippen LogP contribution < -0.4 is 0 Å².